The molecule has 1 rings (SSSR count). The maximum atomic E-state index is 5.03. The molecule has 0 aliphatic carbocycles. The van der Waals surface area contributed by atoms with E-state index < -0.39 is 0 Å². The Morgan fingerprint density at radius 3 is 2.89 bits per heavy atom. The standard InChI is InChI=1S/C4H8N4O/c1-3-4(2-6-5)8-9-7-3/h6H,2,5H2,1H3. The summed E-state index contributed by atoms with van der Waals surface area (Å²) in [5.41, 5.74) is 3.97. The van der Waals surface area contributed by atoms with Crippen LogP contribution in [-0.2, 0) is 6.54 Å². The van der Waals surface area contributed by atoms with Gasteiger partial charge in [0.1, 0.15) is 11.4 Å². The Labute approximate surface area is 52.2 Å². The van der Waals surface area contributed by atoms with Crippen molar-refractivity contribution in [3.05, 3.63) is 11.4 Å². The van der Waals surface area contributed by atoms with Crippen LogP contribution < -0.4 is 11.3 Å². The van der Waals surface area contributed by atoms with E-state index in [1.807, 2.05) is 6.92 Å². The van der Waals surface area contributed by atoms with E-state index in [1.54, 1.807) is 0 Å². The van der Waals surface area contributed by atoms with Gasteiger partial charge in [-0.1, -0.05) is 10.3 Å². The molecule has 0 radical (unpaired) electrons. The van der Waals surface area contributed by atoms with Crippen molar-refractivity contribution >= 4 is 0 Å². The minimum Gasteiger partial charge on any atom is -0.271 e. The number of hydrogen-bond acceptors (Lipinski definition) is 5. The maximum Gasteiger partial charge on any atom is 0.123 e. The number of nitrogens with zero attached hydrogens (tertiary/aromatic N) is 2. The monoisotopic (exact) mass is 128 g/mol. The number of nitrogens with two attached hydrogens (primary N) is 1. The third kappa shape index (κ3) is 1.24. The quantitative estimate of drug-likeness (QED) is 0.408. The predicted molar refractivity (Wildman–Crippen MR) is 30.1 cm³/mol. The highest BCUT2D eigenvalue weighted by Crippen LogP contribution is 1.97. The van der Waals surface area contributed by atoms with Crippen LogP contribution in [0.4, 0.5) is 0 Å². The fraction of sp³-hybridized carbons (Fsp3) is 0.500. The Morgan fingerprint density at radius 2 is 2.44 bits per heavy atom. The first kappa shape index (κ1) is 6.18. The topological polar surface area (TPSA) is 77.0 Å². The van der Waals surface area contributed by atoms with E-state index in [-0.39, 0.29) is 0 Å². The van der Waals surface area contributed by atoms with Crippen LogP contribution in [0, 0.1) is 6.92 Å². The van der Waals surface area contributed by atoms with Crippen molar-refractivity contribution in [2.75, 3.05) is 0 Å². The largest absolute Gasteiger partial charge is 0.271 e. The number of nitrogens with one attached hydrogen (secondary N) is 1. The van der Waals surface area contributed by atoms with Gasteiger partial charge in [0.05, 0.1) is 6.54 Å². The lowest BCUT2D eigenvalue weighted by atomic mass is 10.3. The number of hydrazine groups is 1. The van der Waals surface area contributed by atoms with Crippen molar-refractivity contribution in [1.29, 1.82) is 0 Å². The molecule has 1 heterocycles. The molecule has 0 saturated carbocycles. The number of aromatic nitrogens is 2. The van der Waals surface area contributed by atoms with Gasteiger partial charge in [0.2, 0.25) is 0 Å². The summed E-state index contributed by atoms with van der Waals surface area (Å²) >= 11 is 0. The molecule has 5 heteroatoms. The highest BCUT2D eigenvalue weighted by molar-refractivity contribution is 5.03. The Balaban J connectivity index is 2.69. The molecule has 0 atom stereocenters. The summed E-state index contributed by atoms with van der Waals surface area (Å²) in [6, 6.07) is 0. The van der Waals surface area contributed by atoms with Crippen LogP contribution >= 0.6 is 0 Å². The van der Waals surface area contributed by atoms with Gasteiger partial charge in [0.15, 0.2) is 0 Å². The van der Waals surface area contributed by atoms with Gasteiger partial charge in [-0.15, -0.1) is 0 Å². The minimum absolute atomic E-state index is 0.495. The van der Waals surface area contributed by atoms with E-state index >= 15 is 0 Å². The Morgan fingerprint density at radius 1 is 1.67 bits per heavy atom. The lowest BCUT2D eigenvalue weighted by Gasteiger charge is -1.89. The highest BCUT2D eigenvalue weighted by atomic mass is 16.6. The van der Waals surface area contributed by atoms with Gasteiger partial charge >= 0.3 is 0 Å². The number of rotatable bonds is 2. The second kappa shape index (κ2) is 2.56. The second-order valence-corrected chi connectivity index (χ2v) is 1.68. The van der Waals surface area contributed by atoms with Gasteiger partial charge < -0.3 is 0 Å². The van der Waals surface area contributed by atoms with Crippen LogP contribution in [0.3, 0.4) is 0 Å². The molecule has 0 aliphatic heterocycles. The highest BCUT2D eigenvalue weighted by Gasteiger charge is 2.01. The van der Waals surface area contributed by atoms with Crippen LogP contribution in [0.25, 0.3) is 0 Å². The van der Waals surface area contributed by atoms with Crippen molar-refractivity contribution in [1.82, 2.24) is 15.7 Å². The molecule has 0 unspecified atom stereocenters. The molecular formula is C4H8N4O. The van der Waals surface area contributed by atoms with Gasteiger partial charge in [-0.25, -0.2) is 4.63 Å². The van der Waals surface area contributed by atoms with Crippen LogP contribution in [-0.4, -0.2) is 10.3 Å². The van der Waals surface area contributed by atoms with Gasteiger partial charge in [-0.3, -0.25) is 11.3 Å². The lowest BCUT2D eigenvalue weighted by molar-refractivity contribution is 0.300. The molecule has 3 N–H and O–H groups in total. The first-order valence-electron chi connectivity index (χ1n) is 2.56. The molecule has 0 saturated heterocycles. The van der Waals surface area contributed by atoms with Crippen LogP contribution in [0.5, 0.6) is 0 Å². The Hall–Kier alpha value is -0.940. The second-order valence-electron chi connectivity index (χ2n) is 1.68. The lowest BCUT2D eigenvalue weighted by Crippen LogP contribution is -2.21. The summed E-state index contributed by atoms with van der Waals surface area (Å²) in [6.07, 6.45) is 0. The molecule has 5 nitrogen and oxygen atoms in total. The van der Waals surface area contributed by atoms with Crippen molar-refractivity contribution in [3.8, 4) is 0 Å². The van der Waals surface area contributed by atoms with E-state index in [9.17, 15) is 0 Å². The van der Waals surface area contributed by atoms with Crippen LogP contribution in [0.1, 0.15) is 11.4 Å². The number of hydrogen-bond donors (Lipinski definition) is 2. The summed E-state index contributed by atoms with van der Waals surface area (Å²) < 4.78 is 4.40. The summed E-state index contributed by atoms with van der Waals surface area (Å²) in [5.74, 6) is 5.03. The van der Waals surface area contributed by atoms with E-state index in [0.717, 1.165) is 11.4 Å². The zero-order valence-corrected chi connectivity index (χ0v) is 5.09. The smallest absolute Gasteiger partial charge is 0.123 e. The zero-order valence-electron chi connectivity index (χ0n) is 5.09. The van der Waals surface area contributed by atoms with Gasteiger partial charge in [0.25, 0.3) is 0 Å². The first-order chi connectivity index (χ1) is 4.34. The first-order valence-corrected chi connectivity index (χ1v) is 2.56. The molecule has 1 aromatic heterocycles. The number of aryl methyl sites for hydroxylation is 1. The summed E-state index contributed by atoms with van der Waals surface area (Å²) in [7, 11) is 0. The summed E-state index contributed by atoms with van der Waals surface area (Å²) in [6.45, 7) is 2.30. The predicted octanol–water partition coefficient (Wildman–Crippen LogP) is -0.659. The van der Waals surface area contributed by atoms with Gasteiger partial charge in [0, 0.05) is 0 Å². The third-order valence-corrected chi connectivity index (χ3v) is 1.02. The summed E-state index contributed by atoms with van der Waals surface area (Å²) in [4.78, 5) is 0. The maximum absolute atomic E-state index is 5.03. The SMILES string of the molecule is Cc1nonc1CNN. The van der Waals surface area contributed by atoms with E-state index in [1.165, 1.54) is 0 Å². The summed E-state index contributed by atoms with van der Waals surface area (Å²) in [5, 5.41) is 7.13. The molecule has 0 bridgehead atoms. The molecule has 1 aromatic rings. The molecule has 0 spiro atoms. The van der Waals surface area contributed by atoms with E-state index in [0.29, 0.717) is 6.54 Å². The molecule has 0 amide bonds. The van der Waals surface area contributed by atoms with Crippen LogP contribution in [0.2, 0.25) is 0 Å². The minimum atomic E-state index is 0.495. The fourth-order valence-electron chi connectivity index (χ4n) is 0.507. The molecule has 0 aromatic carbocycles. The van der Waals surface area contributed by atoms with Crippen LogP contribution in [0.15, 0.2) is 4.63 Å². The third-order valence-electron chi connectivity index (χ3n) is 1.02. The molecule has 9 heavy (non-hydrogen) atoms. The fourth-order valence-corrected chi connectivity index (χ4v) is 0.507. The van der Waals surface area contributed by atoms with Gasteiger partial charge in [-0.2, -0.15) is 0 Å². The van der Waals surface area contributed by atoms with Gasteiger partial charge in [-0.05, 0) is 6.92 Å². The van der Waals surface area contributed by atoms with Crippen molar-refractivity contribution < 1.29 is 4.63 Å². The molecule has 0 fully saturated rings. The molecule has 0 aliphatic rings. The van der Waals surface area contributed by atoms with Crippen molar-refractivity contribution in [3.63, 3.8) is 0 Å². The van der Waals surface area contributed by atoms with E-state index in [4.69, 9.17) is 5.84 Å². The molecule has 50 valence electrons. The Bertz CT molecular complexity index is 184. The normalized spacial score (nSPS) is 10.0. The molecular weight excluding hydrogens is 120 g/mol. The van der Waals surface area contributed by atoms with Crippen molar-refractivity contribution in [2.45, 2.75) is 13.5 Å². The zero-order chi connectivity index (χ0) is 6.69. The van der Waals surface area contributed by atoms with Crippen molar-refractivity contribution in [2.24, 2.45) is 5.84 Å². The average molecular weight is 128 g/mol. The Kier molecular flexibility index (Phi) is 1.76. The van der Waals surface area contributed by atoms with E-state index in [2.05, 4.69) is 20.4 Å². The average Bonchev–Trinajstić information content (AvgIpc) is 2.18.